The van der Waals surface area contributed by atoms with Crippen molar-refractivity contribution < 1.29 is 4.74 Å². The van der Waals surface area contributed by atoms with Crippen LogP contribution in [0.4, 0.5) is 0 Å². The van der Waals surface area contributed by atoms with Crippen LogP contribution in [0.25, 0.3) is 0 Å². The van der Waals surface area contributed by atoms with Crippen molar-refractivity contribution in [2.45, 2.75) is 59.1 Å². The molecule has 2 rings (SSSR count). The molecule has 2 unspecified atom stereocenters. The number of hydrogen-bond donors (Lipinski definition) is 1. The molecule has 0 bridgehead atoms. The molecule has 6 nitrogen and oxygen atoms in total. The van der Waals surface area contributed by atoms with Crippen molar-refractivity contribution in [1.29, 1.82) is 0 Å². The summed E-state index contributed by atoms with van der Waals surface area (Å²) in [7, 11) is 3.80. The summed E-state index contributed by atoms with van der Waals surface area (Å²) in [5, 5.41) is 6.55. The molecule has 168 valence electrons. The molecule has 29 heavy (non-hydrogen) atoms. The molecular formula is C21H40IN5OS. The summed E-state index contributed by atoms with van der Waals surface area (Å²) in [6.07, 6.45) is 5.16. The van der Waals surface area contributed by atoms with E-state index in [0.717, 1.165) is 48.6 Å². The highest BCUT2D eigenvalue weighted by Crippen LogP contribution is 2.21. The number of nitrogens with one attached hydrogen (secondary N) is 1. The van der Waals surface area contributed by atoms with Crippen molar-refractivity contribution in [3.63, 3.8) is 0 Å². The molecule has 0 aliphatic carbocycles. The Hall–Kier alpha value is -0.450. The molecule has 2 heterocycles. The summed E-state index contributed by atoms with van der Waals surface area (Å²) in [6, 6.07) is 0. The Labute approximate surface area is 198 Å². The van der Waals surface area contributed by atoms with Gasteiger partial charge >= 0.3 is 0 Å². The van der Waals surface area contributed by atoms with E-state index in [-0.39, 0.29) is 30.1 Å². The third kappa shape index (κ3) is 9.48. The first-order valence-electron chi connectivity index (χ1n) is 10.7. The second kappa shape index (κ2) is 14.5. The monoisotopic (exact) mass is 537 g/mol. The highest BCUT2D eigenvalue weighted by Gasteiger charge is 2.15. The predicted molar refractivity (Wildman–Crippen MR) is 134 cm³/mol. The van der Waals surface area contributed by atoms with Gasteiger partial charge in [-0.3, -0.25) is 4.99 Å². The SMILES string of the molecule is CCNC(=NCCCCN1CCCC(C)C1)N(C)Cc1csc(C(C)OC)n1.I. The van der Waals surface area contributed by atoms with Gasteiger partial charge in [-0.25, -0.2) is 4.98 Å². The minimum atomic E-state index is 0. The summed E-state index contributed by atoms with van der Waals surface area (Å²) in [5.41, 5.74) is 1.07. The highest BCUT2D eigenvalue weighted by atomic mass is 127. The van der Waals surface area contributed by atoms with Crippen LogP contribution in [-0.2, 0) is 11.3 Å². The zero-order valence-corrected chi connectivity index (χ0v) is 22.0. The van der Waals surface area contributed by atoms with Crippen LogP contribution in [0.1, 0.15) is 63.3 Å². The summed E-state index contributed by atoms with van der Waals surface area (Å²) < 4.78 is 5.36. The number of thiazole rings is 1. The van der Waals surface area contributed by atoms with Crippen LogP contribution in [0, 0.1) is 5.92 Å². The molecule has 1 saturated heterocycles. The largest absolute Gasteiger partial charge is 0.375 e. The van der Waals surface area contributed by atoms with Gasteiger partial charge in [0.2, 0.25) is 0 Å². The molecule has 0 spiro atoms. The minimum Gasteiger partial charge on any atom is -0.375 e. The standard InChI is InChI=1S/C21H39N5OS.HI/c1-6-22-21(23-11-7-8-12-26-13-9-10-17(2)14-26)25(4)15-19-16-28-20(24-19)18(3)27-5;/h16-18H,6-15H2,1-5H3,(H,22,23);1H. The lowest BCUT2D eigenvalue weighted by Crippen LogP contribution is -2.38. The third-order valence-electron chi connectivity index (χ3n) is 5.25. The van der Waals surface area contributed by atoms with Crippen LogP contribution >= 0.6 is 35.3 Å². The van der Waals surface area contributed by atoms with Crippen molar-refractivity contribution in [2.24, 2.45) is 10.9 Å². The highest BCUT2D eigenvalue weighted by molar-refractivity contribution is 14.0. The fourth-order valence-electron chi connectivity index (χ4n) is 3.59. The number of piperidine rings is 1. The summed E-state index contributed by atoms with van der Waals surface area (Å²) >= 11 is 1.66. The summed E-state index contributed by atoms with van der Waals surface area (Å²) in [4.78, 5) is 14.3. The van der Waals surface area contributed by atoms with Crippen LogP contribution in [0.15, 0.2) is 10.4 Å². The third-order valence-corrected chi connectivity index (χ3v) is 6.31. The Kier molecular flexibility index (Phi) is 13.3. The zero-order valence-electron chi connectivity index (χ0n) is 18.8. The topological polar surface area (TPSA) is 53.0 Å². The van der Waals surface area contributed by atoms with Gasteiger partial charge in [-0.05, 0) is 58.5 Å². The molecule has 1 aromatic heterocycles. The molecule has 1 fully saturated rings. The molecule has 0 amide bonds. The van der Waals surface area contributed by atoms with E-state index in [1.165, 1.54) is 38.9 Å². The van der Waals surface area contributed by atoms with E-state index >= 15 is 0 Å². The van der Waals surface area contributed by atoms with Gasteiger partial charge in [0.15, 0.2) is 5.96 Å². The first-order valence-corrected chi connectivity index (χ1v) is 11.6. The van der Waals surface area contributed by atoms with Gasteiger partial charge in [0.05, 0.1) is 12.2 Å². The van der Waals surface area contributed by atoms with Gasteiger partial charge in [-0.2, -0.15) is 0 Å². The van der Waals surface area contributed by atoms with E-state index in [1.807, 2.05) is 6.92 Å². The number of aliphatic imine (C=N–C) groups is 1. The van der Waals surface area contributed by atoms with E-state index < -0.39 is 0 Å². The fourth-order valence-corrected chi connectivity index (χ4v) is 4.43. The number of aromatic nitrogens is 1. The molecule has 1 aliphatic rings. The van der Waals surface area contributed by atoms with Crippen LogP contribution in [-0.4, -0.2) is 67.6 Å². The lowest BCUT2D eigenvalue weighted by atomic mass is 10.0. The number of rotatable bonds is 10. The van der Waals surface area contributed by atoms with E-state index in [1.54, 1.807) is 18.4 Å². The molecule has 8 heteroatoms. The molecule has 0 aromatic carbocycles. The smallest absolute Gasteiger partial charge is 0.194 e. The maximum atomic E-state index is 5.36. The summed E-state index contributed by atoms with van der Waals surface area (Å²) in [6.45, 7) is 12.8. The van der Waals surface area contributed by atoms with Gasteiger partial charge in [0.25, 0.3) is 0 Å². The minimum absolute atomic E-state index is 0. The number of hydrogen-bond acceptors (Lipinski definition) is 5. The lowest BCUT2D eigenvalue weighted by molar-refractivity contribution is 0.119. The average Bonchev–Trinajstić information content (AvgIpc) is 3.14. The van der Waals surface area contributed by atoms with Crippen LogP contribution in [0.2, 0.25) is 0 Å². The van der Waals surface area contributed by atoms with Gasteiger partial charge in [-0.1, -0.05) is 6.92 Å². The quantitative estimate of drug-likeness (QED) is 0.208. The maximum absolute atomic E-state index is 5.36. The van der Waals surface area contributed by atoms with E-state index in [2.05, 4.69) is 41.4 Å². The molecule has 1 aromatic rings. The maximum Gasteiger partial charge on any atom is 0.194 e. The molecule has 0 radical (unpaired) electrons. The summed E-state index contributed by atoms with van der Waals surface area (Å²) in [5.74, 6) is 1.82. The fraction of sp³-hybridized carbons (Fsp3) is 0.810. The van der Waals surface area contributed by atoms with E-state index in [0.29, 0.717) is 0 Å². The zero-order chi connectivity index (χ0) is 20.4. The number of nitrogens with zero attached hydrogens (tertiary/aromatic N) is 4. The number of methoxy groups -OCH3 is 1. The van der Waals surface area contributed by atoms with E-state index in [4.69, 9.17) is 14.7 Å². The Balaban J connectivity index is 0.00000420. The van der Waals surface area contributed by atoms with Crippen LogP contribution < -0.4 is 5.32 Å². The van der Waals surface area contributed by atoms with Crippen molar-refractivity contribution in [2.75, 3.05) is 46.9 Å². The molecule has 1 aliphatic heterocycles. The molecule has 1 N–H and O–H groups in total. The lowest BCUT2D eigenvalue weighted by Gasteiger charge is -2.30. The first kappa shape index (κ1) is 26.6. The number of likely N-dealkylation sites (tertiary alicyclic amines) is 1. The number of halogens is 1. The number of guanidine groups is 1. The van der Waals surface area contributed by atoms with Crippen molar-refractivity contribution in [3.8, 4) is 0 Å². The second-order valence-corrected chi connectivity index (χ2v) is 8.79. The Morgan fingerprint density at radius 2 is 2.28 bits per heavy atom. The van der Waals surface area contributed by atoms with Crippen LogP contribution in [0.3, 0.4) is 0 Å². The van der Waals surface area contributed by atoms with Crippen molar-refractivity contribution >= 4 is 41.3 Å². The van der Waals surface area contributed by atoms with Crippen molar-refractivity contribution in [3.05, 3.63) is 16.1 Å². The molecular weight excluding hydrogens is 497 g/mol. The van der Waals surface area contributed by atoms with Gasteiger partial charge in [-0.15, -0.1) is 35.3 Å². The van der Waals surface area contributed by atoms with Gasteiger partial charge < -0.3 is 19.9 Å². The Morgan fingerprint density at radius 1 is 1.48 bits per heavy atom. The normalized spacial score (nSPS) is 18.9. The second-order valence-electron chi connectivity index (χ2n) is 7.90. The Morgan fingerprint density at radius 3 is 2.97 bits per heavy atom. The molecule has 0 saturated carbocycles. The van der Waals surface area contributed by atoms with Gasteiger partial charge in [0, 0.05) is 39.2 Å². The number of ether oxygens (including phenoxy) is 1. The first-order chi connectivity index (χ1) is 13.5. The van der Waals surface area contributed by atoms with Crippen LogP contribution in [0.5, 0.6) is 0 Å². The number of unbranched alkanes of at least 4 members (excludes halogenated alkanes) is 1. The Bertz CT molecular complexity index is 597. The molecule has 2 atom stereocenters. The average molecular weight is 538 g/mol. The van der Waals surface area contributed by atoms with Gasteiger partial charge in [0.1, 0.15) is 11.1 Å². The van der Waals surface area contributed by atoms with E-state index in [9.17, 15) is 0 Å². The predicted octanol–water partition coefficient (Wildman–Crippen LogP) is 4.38. The van der Waals surface area contributed by atoms with Crippen molar-refractivity contribution in [1.82, 2.24) is 20.1 Å².